The summed E-state index contributed by atoms with van der Waals surface area (Å²) in [7, 11) is 0. The van der Waals surface area contributed by atoms with Crippen LogP contribution in [0.2, 0.25) is 0 Å². The van der Waals surface area contributed by atoms with Gasteiger partial charge in [-0.05, 0) is 38.3 Å². The van der Waals surface area contributed by atoms with Gasteiger partial charge < -0.3 is 14.5 Å². The van der Waals surface area contributed by atoms with E-state index in [1.807, 2.05) is 43.5 Å². The summed E-state index contributed by atoms with van der Waals surface area (Å²) in [5.74, 6) is 0.456. The van der Waals surface area contributed by atoms with Gasteiger partial charge in [0.2, 0.25) is 0 Å². The van der Waals surface area contributed by atoms with Crippen molar-refractivity contribution in [1.82, 2.24) is 19.8 Å². The van der Waals surface area contributed by atoms with Crippen LogP contribution < -0.4 is 0 Å². The number of likely N-dealkylation sites (tertiary alicyclic amines) is 1. The van der Waals surface area contributed by atoms with Gasteiger partial charge in [-0.2, -0.15) is 5.10 Å². The molecule has 0 unspecified atom stereocenters. The molecule has 7 nitrogen and oxygen atoms in total. The SMILES string of the molecule is Cc1cccc(C2(O)CCN(C(=O)c3noc(C)c3Cn3cccn3)CC2)c1. The summed E-state index contributed by atoms with van der Waals surface area (Å²) < 4.78 is 7.03. The van der Waals surface area contributed by atoms with Crippen LogP contribution in [0, 0.1) is 13.8 Å². The Balaban J connectivity index is 1.49. The van der Waals surface area contributed by atoms with Crippen LogP contribution in [0.1, 0.15) is 45.8 Å². The fraction of sp³-hybridized carbons (Fsp3) is 0.381. The number of carbonyl (C=O) groups is 1. The number of rotatable bonds is 4. The molecule has 146 valence electrons. The van der Waals surface area contributed by atoms with Crippen LogP contribution in [0.4, 0.5) is 0 Å². The molecule has 1 aliphatic heterocycles. The van der Waals surface area contributed by atoms with Crippen molar-refractivity contribution in [2.75, 3.05) is 13.1 Å². The summed E-state index contributed by atoms with van der Waals surface area (Å²) in [6, 6.07) is 9.77. The van der Waals surface area contributed by atoms with Crippen LogP contribution in [0.25, 0.3) is 0 Å². The smallest absolute Gasteiger partial charge is 0.276 e. The summed E-state index contributed by atoms with van der Waals surface area (Å²) in [4.78, 5) is 14.8. The second-order valence-corrected chi connectivity index (χ2v) is 7.46. The van der Waals surface area contributed by atoms with E-state index in [-0.39, 0.29) is 5.91 Å². The monoisotopic (exact) mass is 380 g/mol. The van der Waals surface area contributed by atoms with Crippen molar-refractivity contribution in [1.29, 1.82) is 0 Å². The van der Waals surface area contributed by atoms with Crippen molar-refractivity contribution < 1.29 is 14.4 Å². The standard InChI is InChI=1S/C21H24N4O3/c1-15-5-3-6-17(13-15)21(27)7-11-24(12-8-21)20(26)19-18(16(2)28-23-19)14-25-10-4-9-22-25/h3-6,9-10,13,27H,7-8,11-12,14H2,1-2H3. The molecule has 3 heterocycles. The number of nitrogens with zero attached hydrogens (tertiary/aromatic N) is 4. The number of piperidine rings is 1. The number of carbonyl (C=O) groups excluding carboxylic acids is 1. The van der Waals surface area contributed by atoms with Crippen LogP contribution in [0.5, 0.6) is 0 Å². The van der Waals surface area contributed by atoms with Gasteiger partial charge in [0.05, 0.1) is 12.1 Å². The van der Waals surface area contributed by atoms with E-state index in [9.17, 15) is 9.90 Å². The number of benzene rings is 1. The van der Waals surface area contributed by atoms with Crippen LogP contribution in [-0.2, 0) is 12.1 Å². The molecule has 1 saturated heterocycles. The van der Waals surface area contributed by atoms with E-state index in [1.165, 1.54) is 0 Å². The Labute approximate surface area is 163 Å². The molecule has 4 rings (SSSR count). The minimum absolute atomic E-state index is 0.162. The summed E-state index contributed by atoms with van der Waals surface area (Å²) in [6.07, 6.45) is 4.52. The molecule has 1 fully saturated rings. The van der Waals surface area contributed by atoms with Gasteiger partial charge in [0.1, 0.15) is 5.76 Å². The molecule has 0 spiro atoms. The molecule has 7 heteroatoms. The lowest BCUT2D eigenvalue weighted by molar-refractivity contribution is -0.0214. The van der Waals surface area contributed by atoms with Crippen LogP contribution >= 0.6 is 0 Å². The van der Waals surface area contributed by atoms with Crippen LogP contribution in [0.3, 0.4) is 0 Å². The molecule has 0 aliphatic carbocycles. The molecule has 2 aromatic heterocycles. The van der Waals surface area contributed by atoms with Gasteiger partial charge in [-0.15, -0.1) is 0 Å². The Morgan fingerprint density at radius 1 is 1.25 bits per heavy atom. The summed E-state index contributed by atoms with van der Waals surface area (Å²) >= 11 is 0. The molecule has 0 saturated carbocycles. The lowest BCUT2D eigenvalue weighted by atomic mass is 9.84. The van der Waals surface area contributed by atoms with E-state index < -0.39 is 5.60 Å². The van der Waals surface area contributed by atoms with E-state index in [0.717, 1.165) is 16.7 Å². The Morgan fingerprint density at radius 2 is 2.04 bits per heavy atom. The third-order valence-electron chi connectivity index (χ3n) is 5.50. The molecular weight excluding hydrogens is 356 g/mol. The normalized spacial score (nSPS) is 16.3. The minimum atomic E-state index is -0.902. The first-order valence-electron chi connectivity index (χ1n) is 9.48. The summed E-state index contributed by atoms with van der Waals surface area (Å²) in [5, 5.41) is 19.3. The lowest BCUT2D eigenvalue weighted by Gasteiger charge is -2.38. The Morgan fingerprint density at radius 3 is 2.71 bits per heavy atom. The Kier molecular flexibility index (Phi) is 4.77. The first kappa shape index (κ1) is 18.4. The zero-order valence-corrected chi connectivity index (χ0v) is 16.1. The lowest BCUT2D eigenvalue weighted by Crippen LogP contribution is -2.45. The number of aromatic nitrogens is 3. The van der Waals surface area contributed by atoms with Crippen molar-refractivity contribution in [3.8, 4) is 0 Å². The van der Waals surface area contributed by atoms with E-state index in [4.69, 9.17) is 4.52 Å². The number of amides is 1. The molecule has 0 atom stereocenters. The average molecular weight is 380 g/mol. The quantitative estimate of drug-likeness (QED) is 0.752. The highest BCUT2D eigenvalue weighted by Crippen LogP contribution is 2.33. The van der Waals surface area contributed by atoms with Gasteiger partial charge in [-0.1, -0.05) is 35.0 Å². The van der Waals surface area contributed by atoms with Gasteiger partial charge >= 0.3 is 0 Å². The van der Waals surface area contributed by atoms with Gasteiger partial charge in [0.25, 0.3) is 5.91 Å². The van der Waals surface area contributed by atoms with Crippen molar-refractivity contribution in [3.63, 3.8) is 0 Å². The van der Waals surface area contributed by atoms with E-state index in [2.05, 4.69) is 10.3 Å². The average Bonchev–Trinajstić information content (AvgIpc) is 3.33. The highest BCUT2D eigenvalue weighted by atomic mass is 16.5. The van der Waals surface area contributed by atoms with Crippen molar-refractivity contribution in [2.45, 2.75) is 38.8 Å². The molecule has 0 bridgehead atoms. The molecule has 3 aromatic rings. The van der Waals surface area contributed by atoms with Crippen LogP contribution in [0.15, 0.2) is 47.2 Å². The number of aliphatic hydroxyl groups is 1. The van der Waals surface area contributed by atoms with Crippen molar-refractivity contribution >= 4 is 5.91 Å². The maximum atomic E-state index is 13.1. The molecule has 1 N–H and O–H groups in total. The second-order valence-electron chi connectivity index (χ2n) is 7.46. The Hall–Kier alpha value is -2.93. The molecular formula is C21H24N4O3. The molecule has 1 aliphatic rings. The molecule has 1 amide bonds. The zero-order chi connectivity index (χ0) is 19.7. The minimum Gasteiger partial charge on any atom is -0.385 e. The van der Waals surface area contributed by atoms with Crippen molar-refractivity contribution in [2.24, 2.45) is 0 Å². The van der Waals surface area contributed by atoms with Crippen molar-refractivity contribution in [3.05, 3.63) is 70.9 Å². The Bertz CT molecular complexity index is 969. The highest BCUT2D eigenvalue weighted by Gasteiger charge is 2.37. The highest BCUT2D eigenvalue weighted by molar-refractivity contribution is 5.94. The van der Waals surface area contributed by atoms with E-state index in [1.54, 1.807) is 22.7 Å². The molecule has 0 radical (unpaired) electrons. The molecule has 1 aromatic carbocycles. The van der Waals surface area contributed by atoms with Crippen LogP contribution in [-0.4, -0.2) is 43.9 Å². The van der Waals surface area contributed by atoms with Gasteiger partial charge in [-0.3, -0.25) is 9.48 Å². The second kappa shape index (κ2) is 7.24. The predicted molar refractivity (Wildman–Crippen MR) is 103 cm³/mol. The predicted octanol–water partition coefficient (Wildman–Crippen LogP) is 2.66. The van der Waals surface area contributed by atoms with Gasteiger partial charge in [0.15, 0.2) is 5.69 Å². The number of aryl methyl sites for hydroxylation is 2. The zero-order valence-electron chi connectivity index (χ0n) is 16.1. The molecule has 28 heavy (non-hydrogen) atoms. The fourth-order valence-electron chi connectivity index (χ4n) is 3.75. The summed E-state index contributed by atoms with van der Waals surface area (Å²) in [6.45, 7) is 5.19. The van der Waals surface area contributed by atoms with Gasteiger partial charge in [0, 0.05) is 31.0 Å². The topological polar surface area (TPSA) is 84.4 Å². The van der Waals surface area contributed by atoms with Gasteiger partial charge in [-0.25, -0.2) is 0 Å². The number of hydrogen-bond donors (Lipinski definition) is 1. The third-order valence-corrected chi connectivity index (χ3v) is 5.50. The first-order valence-corrected chi connectivity index (χ1v) is 9.48. The van der Waals surface area contributed by atoms with E-state index in [0.29, 0.717) is 43.9 Å². The van der Waals surface area contributed by atoms with E-state index >= 15 is 0 Å². The maximum Gasteiger partial charge on any atom is 0.276 e. The summed E-state index contributed by atoms with van der Waals surface area (Å²) in [5.41, 5.74) is 2.20. The number of hydrogen-bond acceptors (Lipinski definition) is 5. The largest absolute Gasteiger partial charge is 0.385 e. The third kappa shape index (κ3) is 3.45. The fourth-order valence-corrected chi connectivity index (χ4v) is 3.75. The first-order chi connectivity index (χ1) is 13.5. The maximum absolute atomic E-state index is 13.1.